The average Bonchev–Trinajstić information content (AvgIpc) is 2.39. The molecule has 0 radical (unpaired) electrons. The molecule has 0 aliphatic carbocycles. The molecule has 1 aromatic rings. The molecular weight excluding hydrogens is 236 g/mol. The number of ether oxygens (including phenoxy) is 1. The van der Waals surface area contributed by atoms with Crippen molar-refractivity contribution in [2.45, 2.75) is 33.4 Å². The minimum Gasteiger partial charge on any atom is -0.492 e. The lowest BCUT2D eigenvalue weighted by molar-refractivity contribution is 0.170. The van der Waals surface area contributed by atoms with E-state index in [-0.39, 0.29) is 0 Å². The summed E-state index contributed by atoms with van der Waals surface area (Å²) in [5, 5.41) is 3.17. The van der Waals surface area contributed by atoms with Gasteiger partial charge in [-0.1, -0.05) is 32.0 Å². The standard InChI is InChI=1S/C16H28N2O/c1-13(2)14(3)18(5)10-11-19-16-9-7-6-8-15(16)12-17-4/h6-9,13-14,17H,10-12H2,1-5H3. The van der Waals surface area contributed by atoms with E-state index in [1.807, 2.05) is 25.2 Å². The number of likely N-dealkylation sites (N-methyl/N-ethyl adjacent to an activating group) is 1. The van der Waals surface area contributed by atoms with Gasteiger partial charge >= 0.3 is 0 Å². The Kier molecular flexibility index (Phi) is 6.89. The molecule has 0 spiro atoms. The fourth-order valence-corrected chi connectivity index (χ4v) is 1.99. The van der Waals surface area contributed by atoms with Gasteiger partial charge in [0.15, 0.2) is 0 Å². The summed E-state index contributed by atoms with van der Waals surface area (Å²) in [5.74, 6) is 1.66. The number of benzene rings is 1. The maximum Gasteiger partial charge on any atom is 0.123 e. The second-order valence-electron chi connectivity index (χ2n) is 5.45. The van der Waals surface area contributed by atoms with Crippen LogP contribution in [0, 0.1) is 5.92 Å². The number of nitrogens with zero attached hydrogens (tertiary/aromatic N) is 1. The van der Waals surface area contributed by atoms with Gasteiger partial charge in [-0.25, -0.2) is 0 Å². The molecule has 0 bridgehead atoms. The molecule has 3 nitrogen and oxygen atoms in total. The lowest BCUT2D eigenvalue weighted by Crippen LogP contribution is -2.36. The molecule has 108 valence electrons. The van der Waals surface area contributed by atoms with Crippen LogP contribution in [0.3, 0.4) is 0 Å². The molecule has 0 heterocycles. The maximum atomic E-state index is 5.91. The lowest BCUT2D eigenvalue weighted by Gasteiger charge is -2.27. The smallest absolute Gasteiger partial charge is 0.123 e. The summed E-state index contributed by atoms with van der Waals surface area (Å²) in [7, 11) is 4.11. The topological polar surface area (TPSA) is 24.5 Å². The highest BCUT2D eigenvalue weighted by atomic mass is 16.5. The quantitative estimate of drug-likeness (QED) is 0.781. The Labute approximate surface area is 118 Å². The maximum absolute atomic E-state index is 5.91. The molecule has 3 heteroatoms. The Hall–Kier alpha value is -1.06. The van der Waals surface area contributed by atoms with Crippen molar-refractivity contribution in [1.82, 2.24) is 10.2 Å². The normalized spacial score (nSPS) is 13.0. The van der Waals surface area contributed by atoms with E-state index < -0.39 is 0 Å². The molecule has 1 N–H and O–H groups in total. The first-order chi connectivity index (χ1) is 9.06. The van der Waals surface area contributed by atoms with Crippen LogP contribution in [0.2, 0.25) is 0 Å². The molecule has 1 aromatic carbocycles. The molecule has 0 amide bonds. The van der Waals surface area contributed by atoms with Crippen LogP contribution in [0.1, 0.15) is 26.3 Å². The Balaban J connectivity index is 2.45. The number of rotatable bonds is 8. The molecule has 1 unspecified atom stereocenters. The van der Waals surface area contributed by atoms with Crippen LogP contribution in [0.4, 0.5) is 0 Å². The van der Waals surface area contributed by atoms with Crippen molar-refractivity contribution >= 4 is 0 Å². The molecule has 0 aliphatic heterocycles. The molecule has 0 saturated heterocycles. The van der Waals surface area contributed by atoms with Crippen LogP contribution in [0.25, 0.3) is 0 Å². The van der Waals surface area contributed by atoms with Crippen molar-refractivity contribution in [3.63, 3.8) is 0 Å². The van der Waals surface area contributed by atoms with Crippen LogP contribution in [-0.2, 0) is 6.54 Å². The highest BCUT2D eigenvalue weighted by molar-refractivity contribution is 5.33. The van der Waals surface area contributed by atoms with Crippen molar-refractivity contribution in [1.29, 1.82) is 0 Å². The fraction of sp³-hybridized carbons (Fsp3) is 0.625. The van der Waals surface area contributed by atoms with Crippen molar-refractivity contribution in [2.24, 2.45) is 5.92 Å². The van der Waals surface area contributed by atoms with Crippen LogP contribution >= 0.6 is 0 Å². The van der Waals surface area contributed by atoms with E-state index in [1.54, 1.807) is 0 Å². The highest BCUT2D eigenvalue weighted by Crippen LogP contribution is 2.17. The predicted molar refractivity (Wildman–Crippen MR) is 81.6 cm³/mol. The zero-order chi connectivity index (χ0) is 14.3. The Bertz CT molecular complexity index is 366. The number of hydrogen-bond donors (Lipinski definition) is 1. The van der Waals surface area contributed by atoms with E-state index in [1.165, 1.54) is 5.56 Å². The number of nitrogens with one attached hydrogen (secondary N) is 1. The van der Waals surface area contributed by atoms with E-state index in [0.29, 0.717) is 12.0 Å². The summed E-state index contributed by atoms with van der Waals surface area (Å²) < 4.78 is 5.91. The van der Waals surface area contributed by atoms with E-state index in [2.05, 4.69) is 44.1 Å². The molecule has 1 atom stereocenters. The van der Waals surface area contributed by atoms with Crippen molar-refractivity contribution < 1.29 is 4.74 Å². The molecule has 0 fully saturated rings. The highest BCUT2D eigenvalue weighted by Gasteiger charge is 2.12. The lowest BCUT2D eigenvalue weighted by atomic mass is 10.1. The second kappa shape index (κ2) is 8.18. The van der Waals surface area contributed by atoms with Gasteiger partial charge in [-0.05, 0) is 33.0 Å². The van der Waals surface area contributed by atoms with Crippen molar-refractivity contribution in [3.8, 4) is 5.75 Å². The summed E-state index contributed by atoms with van der Waals surface area (Å²) in [6, 6.07) is 8.79. The summed E-state index contributed by atoms with van der Waals surface area (Å²) in [4.78, 5) is 2.35. The molecular formula is C16H28N2O. The minimum atomic E-state index is 0.580. The van der Waals surface area contributed by atoms with Gasteiger partial charge in [0.2, 0.25) is 0 Å². The first-order valence-corrected chi connectivity index (χ1v) is 7.11. The van der Waals surface area contributed by atoms with E-state index in [0.717, 1.165) is 25.4 Å². The fourth-order valence-electron chi connectivity index (χ4n) is 1.99. The molecule has 0 aliphatic rings. The van der Waals surface area contributed by atoms with E-state index >= 15 is 0 Å². The molecule has 0 saturated carbocycles. The van der Waals surface area contributed by atoms with Gasteiger partial charge in [-0.3, -0.25) is 0 Å². The van der Waals surface area contributed by atoms with Gasteiger partial charge in [-0.15, -0.1) is 0 Å². The number of hydrogen-bond acceptors (Lipinski definition) is 3. The van der Waals surface area contributed by atoms with Gasteiger partial charge in [0.1, 0.15) is 12.4 Å². The van der Waals surface area contributed by atoms with Crippen LogP contribution in [-0.4, -0.2) is 38.2 Å². The van der Waals surface area contributed by atoms with Gasteiger partial charge in [-0.2, -0.15) is 0 Å². The van der Waals surface area contributed by atoms with Crippen LogP contribution in [0.15, 0.2) is 24.3 Å². The first-order valence-electron chi connectivity index (χ1n) is 7.11. The third kappa shape index (κ3) is 5.21. The van der Waals surface area contributed by atoms with Gasteiger partial charge in [0.25, 0.3) is 0 Å². The third-order valence-electron chi connectivity index (χ3n) is 3.70. The Morgan fingerprint density at radius 3 is 2.53 bits per heavy atom. The first kappa shape index (κ1) is 16.0. The van der Waals surface area contributed by atoms with E-state index in [9.17, 15) is 0 Å². The summed E-state index contributed by atoms with van der Waals surface area (Å²) in [6.45, 7) is 9.30. The van der Waals surface area contributed by atoms with E-state index in [4.69, 9.17) is 4.74 Å². The Morgan fingerprint density at radius 1 is 1.21 bits per heavy atom. The van der Waals surface area contributed by atoms with Crippen LogP contribution in [0.5, 0.6) is 5.75 Å². The third-order valence-corrected chi connectivity index (χ3v) is 3.70. The van der Waals surface area contributed by atoms with Crippen LogP contribution < -0.4 is 10.1 Å². The SMILES string of the molecule is CNCc1ccccc1OCCN(C)C(C)C(C)C. The van der Waals surface area contributed by atoms with Crippen molar-refractivity contribution in [3.05, 3.63) is 29.8 Å². The number of para-hydroxylation sites is 1. The zero-order valence-electron chi connectivity index (χ0n) is 12.9. The molecule has 1 rings (SSSR count). The minimum absolute atomic E-state index is 0.580. The Morgan fingerprint density at radius 2 is 1.89 bits per heavy atom. The summed E-state index contributed by atoms with van der Waals surface area (Å²) in [6.07, 6.45) is 0. The largest absolute Gasteiger partial charge is 0.492 e. The average molecular weight is 264 g/mol. The van der Waals surface area contributed by atoms with Gasteiger partial charge in [0, 0.05) is 24.7 Å². The van der Waals surface area contributed by atoms with Gasteiger partial charge < -0.3 is 15.0 Å². The predicted octanol–water partition coefficient (Wildman–Crippen LogP) is 2.76. The zero-order valence-corrected chi connectivity index (χ0v) is 12.9. The van der Waals surface area contributed by atoms with Crippen molar-refractivity contribution in [2.75, 3.05) is 27.2 Å². The molecule has 0 aromatic heterocycles. The van der Waals surface area contributed by atoms with Gasteiger partial charge in [0.05, 0.1) is 0 Å². The summed E-state index contributed by atoms with van der Waals surface area (Å²) >= 11 is 0. The monoisotopic (exact) mass is 264 g/mol. The molecule has 19 heavy (non-hydrogen) atoms. The summed E-state index contributed by atoms with van der Waals surface area (Å²) in [5.41, 5.74) is 1.21. The second-order valence-corrected chi connectivity index (χ2v) is 5.45.